The summed E-state index contributed by atoms with van der Waals surface area (Å²) in [6.07, 6.45) is -1.62. The second-order valence-corrected chi connectivity index (χ2v) is 4.48. The van der Waals surface area contributed by atoms with E-state index in [1.54, 1.807) is 36.4 Å². The van der Waals surface area contributed by atoms with E-state index in [2.05, 4.69) is 0 Å². The first-order chi connectivity index (χ1) is 10.5. The second-order valence-electron chi connectivity index (χ2n) is 4.48. The van der Waals surface area contributed by atoms with Crippen LogP contribution in [0.4, 0.5) is 4.79 Å². The van der Waals surface area contributed by atoms with Gasteiger partial charge >= 0.3 is 12.1 Å². The molecular formula is C16H13NO5. The minimum Gasteiger partial charge on any atom is -0.479 e. The first kappa shape index (κ1) is 15.2. The van der Waals surface area contributed by atoms with E-state index >= 15 is 0 Å². The van der Waals surface area contributed by atoms with Crippen LogP contribution < -0.4 is 0 Å². The fourth-order valence-corrected chi connectivity index (χ4v) is 2.07. The summed E-state index contributed by atoms with van der Waals surface area (Å²) in [4.78, 5) is 35.7. The maximum absolute atomic E-state index is 12.4. The van der Waals surface area contributed by atoms with E-state index in [-0.39, 0.29) is 11.1 Å². The number of carbonyl (C=O) groups excluding carboxylic acids is 1. The lowest BCUT2D eigenvalue weighted by atomic mass is 10.0. The highest BCUT2D eigenvalue weighted by atomic mass is 16.4. The summed E-state index contributed by atoms with van der Waals surface area (Å²) in [6.45, 7) is 0. The molecule has 112 valence electrons. The van der Waals surface area contributed by atoms with E-state index in [4.69, 9.17) is 0 Å². The third-order valence-corrected chi connectivity index (χ3v) is 3.05. The van der Waals surface area contributed by atoms with Crippen LogP contribution >= 0.6 is 0 Å². The summed E-state index contributed by atoms with van der Waals surface area (Å²) in [5.41, 5.74) is 0.314. The van der Waals surface area contributed by atoms with Crippen LogP contribution in [0.3, 0.4) is 0 Å². The normalized spacial score (nSPS) is 11.5. The highest BCUT2D eigenvalue weighted by molar-refractivity contribution is 6.05. The molecular weight excluding hydrogens is 286 g/mol. The van der Waals surface area contributed by atoms with Crippen LogP contribution in [0.2, 0.25) is 0 Å². The minimum absolute atomic E-state index is 0.104. The summed E-state index contributed by atoms with van der Waals surface area (Å²) >= 11 is 0. The Kier molecular flexibility index (Phi) is 4.53. The molecule has 0 heterocycles. The Bertz CT molecular complexity index is 684. The van der Waals surface area contributed by atoms with Crippen LogP contribution in [0.25, 0.3) is 0 Å². The average molecular weight is 299 g/mol. The molecule has 0 saturated carbocycles. The van der Waals surface area contributed by atoms with Crippen molar-refractivity contribution < 1.29 is 24.6 Å². The maximum atomic E-state index is 12.4. The fourth-order valence-electron chi connectivity index (χ4n) is 2.07. The Hall–Kier alpha value is -3.15. The topological polar surface area (TPSA) is 94.9 Å². The van der Waals surface area contributed by atoms with Crippen molar-refractivity contribution in [1.29, 1.82) is 0 Å². The first-order valence-electron chi connectivity index (χ1n) is 6.41. The molecule has 0 spiro atoms. The van der Waals surface area contributed by atoms with E-state index in [0.29, 0.717) is 4.90 Å². The standard InChI is InChI=1S/C16H13NO5/c18-14(12-9-5-2-6-10-12)17(16(21)22)13(15(19)20)11-7-3-1-4-8-11/h1-10,13H,(H,19,20)(H,21,22). The van der Waals surface area contributed by atoms with Crippen molar-refractivity contribution in [2.45, 2.75) is 6.04 Å². The predicted molar refractivity (Wildman–Crippen MR) is 77.5 cm³/mol. The molecule has 0 fully saturated rings. The molecule has 6 heteroatoms. The molecule has 2 N–H and O–H groups in total. The minimum atomic E-state index is -1.62. The van der Waals surface area contributed by atoms with E-state index in [0.717, 1.165) is 0 Å². The molecule has 1 atom stereocenters. The Labute approximate surface area is 126 Å². The third kappa shape index (κ3) is 3.12. The van der Waals surface area contributed by atoms with Gasteiger partial charge in [0, 0.05) is 5.56 Å². The number of benzene rings is 2. The van der Waals surface area contributed by atoms with Gasteiger partial charge < -0.3 is 10.2 Å². The Morgan fingerprint density at radius 3 is 1.77 bits per heavy atom. The number of hydrogen-bond donors (Lipinski definition) is 2. The summed E-state index contributed by atoms with van der Waals surface area (Å²) in [5.74, 6) is -2.30. The lowest BCUT2D eigenvalue weighted by Gasteiger charge is -2.24. The van der Waals surface area contributed by atoms with Gasteiger partial charge in [0.05, 0.1) is 0 Å². The van der Waals surface area contributed by atoms with Gasteiger partial charge in [0.25, 0.3) is 5.91 Å². The number of carbonyl (C=O) groups is 3. The Morgan fingerprint density at radius 1 is 0.818 bits per heavy atom. The smallest absolute Gasteiger partial charge is 0.415 e. The number of amides is 2. The third-order valence-electron chi connectivity index (χ3n) is 3.05. The van der Waals surface area contributed by atoms with Gasteiger partial charge in [-0.05, 0) is 17.7 Å². The van der Waals surface area contributed by atoms with Crippen LogP contribution in [0.15, 0.2) is 60.7 Å². The number of hydrogen-bond acceptors (Lipinski definition) is 3. The van der Waals surface area contributed by atoms with Crippen LogP contribution in [-0.2, 0) is 4.79 Å². The molecule has 0 aliphatic heterocycles. The van der Waals surface area contributed by atoms with Gasteiger partial charge in [-0.3, -0.25) is 4.79 Å². The molecule has 1 unspecified atom stereocenters. The lowest BCUT2D eigenvalue weighted by molar-refractivity contribution is -0.142. The number of carboxylic acids is 1. The molecule has 2 amide bonds. The molecule has 0 aliphatic carbocycles. The highest BCUT2D eigenvalue weighted by Gasteiger charge is 2.36. The largest absolute Gasteiger partial charge is 0.479 e. The van der Waals surface area contributed by atoms with Crippen LogP contribution in [0.1, 0.15) is 22.0 Å². The summed E-state index contributed by atoms with van der Waals surface area (Å²) in [7, 11) is 0. The average Bonchev–Trinajstić information content (AvgIpc) is 2.52. The summed E-state index contributed by atoms with van der Waals surface area (Å²) < 4.78 is 0. The molecule has 0 saturated heterocycles. The molecule has 2 rings (SSSR count). The van der Waals surface area contributed by atoms with Crippen molar-refractivity contribution in [3.63, 3.8) is 0 Å². The van der Waals surface area contributed by atoms with Crippen molar-refractivity contribution >= 4 is 18.0 Å². The number of rotatable bonds is 4. The zero-order valence-corrected chi connectivity index (χ0v) is 11.4. The molecule has 2 aromatic carbocycles. The van der Waals surface area contributed by atoms with Gasteiger partial charge in [0.2, 0.25) is 0 Å². The van der Waals surface area contributed by atoms with Gasteiger partial charge in [-0.2, -0.15) is 0 Å². The molecule has 0 aromatic heterocycles. The van der Waals surface area contributed by atoms with Gasteiger partial charge in [-0.1, -0.05) is 48.5 Å². The molecule has 22 heavy (non-hydrogen) atoms. The molecule has 0 bridgehead atoms. The van der Waals surface area contributed by atoms with E-state index in [1.807, 2.05) is 0 Å². The quantitative estimate of drug-likeness (QED) is 0.905. The zero-order chi connectivity index (χ0) is 16.1. The van der Waals surface area contributed by atoms with Gasteiger partial charge in [0.1, 0.15) is 0 Å². The van der Waals surface area contributed by atoms with Crippen LogP contribution in [-0.4, -0.2) is 33.1 Å². The number of imide groups is 1. The van der Waals surface area contributed by atoms with Crippen LogP contribution in [0, 0.1) is 0 Å². The van der Waals surface area contributed by atoms with Gasteiger partial charge in [0.15, 0.2) is 6.04 Å². The fraction of sp³-hybridized carbons (Fsp3) is 0.0625. The number of nitrogens with zero attached hydrogens (tertiary/aromatic N) is 1. The van der Waals surface area contributed by atoms with Crippen molar-refractivity contribution in [2.24, 2.45) is 0 Å². The van der Waals surface area contributed by atoms with E-state index in [1.165, 1.54) is 24.3 Å². The Morgan fingerprint density at radius 2 is 1.32 bits per heavy atom. The first-order valence-corrected chi connectivity index (χ1v) is 6.41. The molecule has 2 aromatic rings. The molecule has 0 radical (unpaired) electrons. The van der Waals surface area contributed by atoms with Crippen molar-refractivity contribution in [3.05, 3.63) is 71.8 Å². The molecule has 6 nitrogen and oxygen atoms in total. The maximum Gasteiger partial charge on any atom is 0.415 e. The molecule has 0 aliphatic rings. The number of aliphatic carboxylic acids is 1. The van der Waals surface area contributed by atoms with Crippen molar-refractivity contribution in [2.75, 3.05) is 0 Å². The number of carboxylic acid groups (broad SMARTS) is 2. The van der Waals surface area contributed by atoms with E-state index in [9.17, 15) is 24.6 Å². The Balaban J connectivity index is 2.47. The van der Waals surface area contributed by atoms with Gasteiger partial charge in [-0.15, -0.1) is 0 Å². The van der Waals surface area contributed by atoms with Gasteiger partial charge in [-0.25, -0.2) is 14.5 Å². The lowest BCUT2D eigenvalue weighted by Crippen LogP contribution is -2.42. The summed E-state index contributed by atoms with van der Waals surface area (Å²) in [5, 5.41) is 18.7. The SMILES string of the molecule is O=C(O)C(c1ccccc1)N(C(=O)O)C(=O)c1ccccc1. The van der Waals surface area contributed by atoms with E-state index < -0.39 is 24.0 Å². The second kappa shape index (κ2) is 6.53. The van der Waals surface area contributed by atoms with Crippen molar-refractivity contribution in [3.8, 4) is 0 Å². The highest BCUT2D eigenvalue weighted by Crippen LogP contribution is 2.23. The predicted octanol–water partition coefficient (Wildman–Crippen LogP) is 2.63. The van der Waals surface area contributed by atoms with Crippen LogP contribution in [0.5, 0.6) is 0 Å². The monoisotopic (exact) mass is 299 g/mol. The summed E-state index contributed by atoms with van der Waals surface area (Å²) in [6, 6.07) is 13.9. The van der Waals surface area contributed by atoms with Crippen molar-refractivity contribution in [1.82, 2.24) is 4.90 Å². The zero-order valence-electron chi connectivity index (χ0n) is 11.4.